The summed E-state index contributed by atoms with van der Waals surface area (Å²) in [4.78, 5) is 12.8. The molecule has 1 unspecified atom stereocenters. The number of nitriles is 1. The molecule has 0 saturated carbocycles. The van der Waals surface area contributed by atoms with Crippen molar-refractivity contribution in [1.29, 1.82) is 5.26 Å². The van der Waals surface area contributed by atoms with Gasteiger partial charge in [-0.1, -0.05) is 12.1 Å². The van der Waals surface area contributed by atoms with Crippen LogP contribution in [0, 0.1) is 11.3 Å². The molecule has 1 aromatic rings. The highest BCUT2D eigenvalue weighted by Gasteiger charge is 2.19. The Bertz CT molecular complexity index is 477. The monoisotopic (exact) mass is 260 g/mol. The molecular weight excluding hydrogens is 240 g/mol. The van der Waals surface area contributed by atoms with E-state index in [4.69, 9.17) is 10.4 Å². The van der Waals surface area contributed by atoms with Crippen molar-refractivity contribution in [2.75, 3.05) is 6.54 Å². The van der Waals surface area contributed by atoms with Crippen LogP contribution in [0.3, 0.4) is 0 Å². The lowest BCUT2D eigenvalue weighted by Crippen LogP contribution is -2.35. The summed E-state index contributed by atoms with van der Waals surface area (Å²) in [5.41, 5.74) is 1.67. The van der Waals surface area contributed by atoms with E-state index in [0.29, 0.717) is 12.1 Å². The van der Waals surface area contributed by atoms with Gasteiger partial charge in [0.2, 0.25) is 0 Å². The summed E-state index contributed by atoms with van der Waals surface area (Å²) < 4.78 is 0. The summed E-state index contributed by atoms with van der Waals surface area (Å²) in [6, 6.07) is 9.94. The zero-order valence-electron chi connectivity index (χ0n) is 11.6. The van der Waals surface area contributed by atoms with Gasteiger partial charge in [0.25, 0.3) is 0 Å². The number of aliphatic carboxylic acids is 1. The molecule has 0 amide bonds. The zero-order valence-corrected chi connectivity index (χ0v) is 11.6. The van der Waals surface area contributed by atoms with E-state index in [1.54, 1.807) is 6.07 Å². The van der Waals surface area contributed by atoms with Crippen LogP contribution in [0.4, 0.5) is 0 Å². The molecule has 102 valence electrons. The summed E-state index contributed by atoms with van der Waals surface area (Å²) in [6.45, 7) is 6.64. The zero-order chi connectivity index (χ0) is 14.4. The van der Waals surface area contributed by atoms with Gasteiger partial charge in [0.1, 0.15) is 0 Å². The highest BCUT2D eigenvalue weighted by atomic mass is 16.4. The Hall–Kier alpha value is -1.86. The summed E-state index contributed by atoms with van der Waals surface area (Å²) in [7, 11) is 0. The molecular formula is C15H20N2O2. The second-order valence-corrected chi connectivity index (χ2v) is 4.89. The van der Waals surface area contributed by atoms with Crippen LogP contribution in [0.1, 0.15) is 44.4 Å². The van der Waals surface area contributed by atoms with Crippen molar-refractivity contribution in [2.45, 2.75) is 39.3 Å². The summed E-state index contributed by atoms with van der Waals surface area (Å²) >= 11 is 0. The van der Waals surface area contributed by atoms with Crippen LogP contribution < -0.4 is 0 Å². The number of benzene rings is 1. The first-order valence-electron chi connectivity index (χ1n) is 6.43. The molecule has 19 heavy (non-hydrogen) atoms. The molecule has 0 fully saturated rings. The second kappa shape index (κ2) is 6.91. The number of hydrogen-bond donors (Lipinski definition) is 1. The Balaban J connectivity index is 2.89. The Morgan fingerprint density at radius 3 is 2.63 bits per heavy atom. The molecule has 0 radical (unpaired) electrons. The number of hydrogen-bond acceptors (Lipinski definition) is 3. The molecule has 1 rings (SSSR count). The number of rotatable bonds is 6. The van der Waals surface area contributed by atoms with Crippen molar-refractivity contribution in [3.63, 3.8) is 0 Å². The Morgan fingerprint density at radius 2 is 2.11 bits per heavy atom. The third kappa shape index (κ3) is 4.38. The first-order valence-corrected chi connectivity index (χ1v) is 6.43. The summed E-state index contributed by atoms with van der Waals surface area (Å²) in [6.07, 6.45) is 0.125. The highest BCUT2D eigenvalue weighted by Crippen LogP contribution is 2.23. The van der Waals surface area contributed by atoms with Gasteiger partial charge in [0, 0.05) is 18.6 Å². The van der Waals surface area contributed by atoms with E-state index in [0.717, 1.165) is 5.56 Å². The van der Waals surface area contributed by atoms with Crippen LogP contribution in [0.15, 0.2) is 24.3 Å². The highest BCUT2D eigenvalue weighted by molar-refractivity contribution is 5.66. The molecule has 0 aliphatic carbocycles. The standard InChI is InChI=1S/C15H20N2O2/c1-11(2)17(8-7-15(18)19)12(3)14-6-4-5-13(9-14)10-16/h4-6,9,11-12H,7-8H2,1-3H3,(H,18,19). The largest absolute Gasteiger partial charge is 0.481 e. The molecule has 0 aromatic heterocycles. The summed E-state index contributed by atoms with van der Waals surface area (Å²) in [5, 5.41) is 17.7. The Labute approximate surface area is 114 Å². The van der Waals surface area contributed by atoms with E-state index in [2.05, 4.69) is 11.0 Å². The van der Waals surface area contributed by atoms with Gasteiger partial charge in [-0.05, 0) is 38.5 Å². The molecule has 1 N–H and O–H groups in total. The Kier molecular flexibility index (Phi) is 5.53. The molecule has 0 aliphatic heterocycles. The number of carboxylic acids is 1. The van der Waals surface area contributed by atoms with Crippen molar-refractivity contribution >= 4 is 5.97 Å². The first kappa shape index (κ1) is 15.2. The average Bonchev–Trinajstić information content (AvgIpc) is 2.38. The predicted octanol–water partition coefficient (Wildman–Crippen LogP) is 2.80. The van der Waals surface area contributed by atoms with Crippen molar-refractivity contribution in [3.8, 4) is 6.07 Å². The van der Waals surface area contributed by atoms with Gasteiger partial charge in [0.05, 0.1) is 18.1 Å². The van der Waals surface area contributed by atoms with Crippen LogP contribution in [0.5, 0.6) is 0 Å². The molecule has 1 aromatic carbocycles. The first-order chi connectivity index (χ1) is 8.95. The lowest BCUT2D eigenvalue weighted by molar-refractivity contribution is -0.137. The minimum Gasteiger partial charge on any atom is -0.481 e. The van der Waals surface area contributed by atoms with Gasteiger partial charge < -0.3 is 5.11 Å². The quantitative estimate of drug-likeness (QED) is 0.854. The van der Waals surface area contributed by atoms with Gasteiger partial charge in [-0.15, -0.1) is 0 Å². The third-order valence-corrected chi connectivity index (χ3v) is 3.24. The van der Waals surface area contributed by atoms with E-state index in [-0.39, 0.29) is 18.5 Å². The SMILES string of the molecule is CC(C)N(CCC(=O)O)C(C)c1cccc(C#N)c1. The maximum Gasteiger partial charge on any atom is 0.304 e. The van der Waals surface area contributed by atoms with Crippen LogP contribution in [0.2, 0.25) is 0 Å². The van der Waals surface area contributed by atoms with Crippen molar-refractivity contribution < 1.29 is 9.90 Å². The van der Waals surface area contributed by atoms with E-state index >= 15 is 0 Å². The van der Waals surface area contributed by atoms with Gasteiger partial charge >= 0.3 is 5.97 Å². The minimum atomic E-state index is -0.788. The summed E-state index contributed by atoms with van der Waals surface area (Å²) in [5.74, 6) is -0.788. The van der Waals surface area contributed by atoms with E-state index < -0.39 is 5.97 Å². The topological polar surface area (TPSA) is 64.3 Å². The number of nitrogens with zero attached hydrogens (tertiary/aromatic N) is 2. The van der Waals surface area contributed by atoms with Gasteiger partial charge in [0.15, 0.2) is 0 Å². The maximum atomic E-state index is 10.7. The molecule has 0 bridgehead atoms. The number of carboxylic acid groups (broad SMARTS) is 1. The van der Waals surface area contributed by atoms with Gasteiger partial charge in [-0.2, -0.15) is 5.26 Å². The van der Waals surface area contributed by atoms with Crippen LogP contribution >= 0.6 is 0 Å². The molecule has 4 heteroatoms. The van der Waals surface area contributed by atoms with Crippen LogP contribution in [-0.2, 0) is 4.79 Å². The van der Waals surface area contributed by atoms with Crippen molar-refractivity contribution in [2.24, 2.45) is 0 Å². The van der Waals surface area contributed by atoms with Crippen molar-refractivity contribution in [1.82, 2.24) is 4.90 Å². The lowest BCUT2D eigenvalue weighted by atomic mass is 10.0. The lowest BCUT2D eigenvalue weighted by Gasteiger charge is -2.32. The van der Waals surface area contributed by atoms with Gasteiger partial charge in [-0.3, -0.25) is 9.69 Å². The smallest absolute Gasteiger partial charge is 0.304 e. The van der Waals surface area contributed by atoms with Gasteiger partial charge in [-0.25, -0.2) is 0 Å². The fraction of sp³-hybridized carbons (Fsp3) is 0.467. The van der Waals surface area contributed by atoms with E-state index in [1.807, 2.05) is 39.0 Å². The Morgan fingerprint density at radius 1 is 1.42 bits per heavy atom. The molecule has 0 spiro atoms. The fourth-order valence-electron chi connectivity index (χ4n) is 2.18. The molecule has 4 nitrogen and oxygen atoms in total. The molecule has 0 heterocycles. The minimum absolute atomic E-state index is 0.0904. The maximum absolute atomic E-state index is 10.7. The van der Waals surface area contributed by atoms with Crippen LogP contribution in [-0.4, -0.2) is 28.6 Å². The molecule has 0 saturated heterocycles. The average molecular weight is 260 g/mol. The van der Waals surface area contributed by atoms with Crippen molar-refractivity contribution in [3.05, 3.63) is 35.4 Å². The fourth-order valence-corrected chi connectivity index (χ4v) is 2.18. The second-order valence-electron chi connectivity index (χ2n) is 4.89. The third-order valence-electron chi connectivity index (χ3n) is 3.24. The molecule has 1 atom stereocenters. The van der Waals surface area contributed by atoms with E-state index in [9.17, 15) is 4.79 Å². The van der Waals surface area contributed by atoms with Crippen LogP contribution in [0.25, 0.3) is 0 Å². The predicted molar refractivity (Wildman–Crippen MR) is 73.7 cm³/mol. The molecule has 0 aliphatic rings. The number of carbonyl (C=O) groups is 1. The van der Waals surface area contributed by atoms with E-state index in [1.165, 1.54) is 0 Å². The normalized spacial score (nSPS) is 12.4.